The molecule has 0 N–H and O–H groups in total. The molecule has 46 heavy (non-hydrogen) atoms. The first-order valence-electron chi connectivity index (χ1n) is 17.0. The lowest BCUT2D eigenvalue weighted by atomic mass is 9.87. The number of benzene rings is 4. The molecule has 4 aromatic carbocycles. The molecule has 4 aromatic rings. The van der Waals surface area contributed by atoms with Gasteiger partial charge in [0.2, 0.25) is 0 Å². The van der Waals surface area contributed by atoms with E-state index < -0.39 is 7.92 Å². The van der Waals surface area contributed by atoms with Gasteiger partial charge in [-0.25, -0.2) is 0 Å². The maximum absolute atomic E-state index is 4.00. The van der Waals surface area contributed by atoms with Crippen LogP contribution < -0.4 is 15.9 Å². The Bertz CT molecular complexity index is 1710. The molecular formula is C45H47P. The number of hydrogen-bond acceptors (Lipinski definition) is 0. The largest absolute Gasteiger partial charge is 0.124 e. The Balaban J connectivity index is 0.000000232. The lowest BCUT2D eigenvalue weighted by Gasteiger charge is -2.24. The van der Waals surface area contributed by atoms with E-state index in [1.54, 1.807) is 27.8 Å². The average molecular weight is 619 g/mol. The van der Waals surface area contributed by atoms with E-state index in [4.69, 9.17) is 0 Å². The number of hydrogen-bond donors (Lipinski definition) is 0. The van der Waals surface area contributed by atoms with Gasteiger partial charge in [-0.1, -0.05) is 146 Å². The van der Waals surface area contributed by atoms with Crippen LogP contribution in [0.25, 0.3) is 11.1 Å². The summed E-state index contributed by atoms with van der Waals surface area (Å²) >= 11 is 0. The molecule has 0 aliphatic heterocycles. The molecule has 0 aromatic heterocycles. The summed E-state index contributed by atoms with van der Waals surface area (Å²) < 4.78 is 0. The molecule has 2 bridgehead atoms. The molecule has 1 heteroatoms. The third-order valence-corrected chi connectivity index (χ3v) is 11.7. The van der Waals surface area contributed by atoms with Gasteiger partial charge in [0.05, 0.1) is 0 Å². The predicted octanol–water partition coefficient (Wildman–Crippen LogP) is 10.6. The van der Waals surface area contributed by atoms with E-state index in [-0.39, 0.29) is 0 Å². The smallest absolute Gasteiger partial charge is 0.00103 e. The average Bonchev–Trinajstić information content (AvgIpc) is 3.73. The predicted molar refractivity (Wildman–Crippen MR) is 204 cm³/mol. The Kier molecular flexibility index (Phi) is 11.8. The van der Waals surface area contributed by atoms with Gasteiger partial charge < -0.3 is 0 Å². The second kappa shape index (κ2) is 16.4. The third kappa shape index (κ3) is 7.28. The topological polar surface area (TPSA) is 0 Å². The van der Waals surface area contributed by atoms with Crippen molar-refractivity contribution < 1.29 is 0 Å². The highest BCUT2D eigenvalue weighted by atomic mass is 31.1. The lowest BCUT2D eigenvalue weighted by Crippen LogP contribution is -2.23. The second-order valence-electron chi connectivity index (χ2n) is 11.9. The second-order valence-corrected chi connectivity index (χ2v) is 14.1. The van der Waals surface area contributed by atoms with Crippen molar-refractivity contribution in [1.29, 1.82) is 0 Å². The van der Waals surface area contributed by atoms with Crippen LogP contribution in [0.4, 0.5) is 0 Å². The highest BCUT2D eigenvalue weighted by Gasteiger charge is 2.32. The molecule has 4 aliphatic rings. The first-order chi connectivity index (χ1) is 22.8. The summed E-state index contributed by atoms with van der Waals surface area (Å²) in [5.41, 5.74) is 12.3. The fourth-order valence-electron chi connectivity index (χ4n) is 7.18. The summed E-state index contributed by atoms with van der Waals surface area (Å²) in [5.74, 6) is 0.833. The molecular weight excluding hydrogens is 571 g/mol. The summed E-state index contributed by atoms with van der Waals surface area (Å²) in [5, 5.41) is 4.39. The van der Waals surface area contributed by atoms with E-state index in [1.807, 2.05) is 13.8 Å². The van der Waals surface area contributed by atoms with E-state index >= 15 is 0 Å². The van der Waals surface area contributed by atoms with Crippen molar-refractivity contribution in [2.24, 2.45) is 5.92 Å². The number of fused-ring (bicyclic) bond motifs is 6. The van der Waals surface area contributed by atoms with Crippen LogP contribution in [0.5, 0.6) is 0 Å². The highest BCUT2D eigenvalue weighted by Crippen LogP contribution is 2.47. The molecule has 0 spiro atoms. The van der Waals surface area contributed by atoms with Crippen LogP contribution in [-0.4, -0.2) is 0 Å². The number of allylic oxidation sites excluding steroid dienone is 8. The molecule has 8 rings (SSSR count). The fourth-order valence-corrected chi connectivity index (χ4v) is 9.73. The lowest BCUT2D eigenvalue weighted by molar-refractivity contribution is 0.537. The van der Waals surface area contributed by atoms with Crippen LogP contribution in [-0.2, 0) is 19.3 Å². The monoisotopic (exact) mass is 618 g/mol. The van der Waals surface area contributed by atoms with Crippen LogP contribution in [0, 0.1) is 18.8 Å². The maximum Gasteiger partial charge on any atom is -0.00103 e. The molecule has 0 fully saturated rings. The summed E-state index contributed by atoms with van der Waals surface area (Å²) in [6.45, 7) is 6.19. The Morgan fingerprint density at radius 2 is 1.41 bits per heavy atom. The first-order valence-corrected chi connectivity index (χ1v) is 18.3. The Morgan fingerprint density at radius 1 is 0.739 bits per heavy atom. The zero-order valence-corrected chi connectivity index (χ0v) is 28.6. The summed E-state index contributed by atoms with van der Waals surface area (Å²) in [7, 11) is -0.618. The maximum atomic E-state index is 4.00. The van der Waals surface area contributed by atoms with Crippen molar-refractivity contribution in [2.45, 2.75) is 65.7 Å². The van der Waals surface area contributed by atoms with Gasteiger partial charge in [-0.3, -0.25) is 0 Å². The van der Waals surface area contributed by atoms with Gasteiger partial charge >= 0.3 is 0 Å². The van der Waals surface area contributed by atoms with Gasteiger partial charge in [-0.15, -0.1) is 12.8 Å². The molecule has 1 unspecified atom stereocenters. The van der Waals surface area contributed by atoms with E-state index in [0.717, 1.165) is 25.2 Å². The van der Waals surface area contributed by atoms with E-state index in [2.05, 4.69) is 147 Å². The standard InChI is InChI=1S/C30H25P.C11H14.C2H6.C2H2/c1-2-21-17-23-20-29(30-26-16-10-9-11-22(26)19-28(30)27(23)18-21)31(24-12-5-3-6-13-24)25-14-7-4-8-15-25;1-2-5-10-7-4-8-11(9-10)6-3-1;2*1-2/h2-16,20H,17-19H2,1H3;1-3,5,9,11H,4,6-8H2;1-2H3;1-2H/b21-2-;3-1?,5-2-;;. The normalized spacial score (nSPS) is 18.1. The van der Waals surface area contributed by atoms with E-state index in [1.165, 1.54) is 58.3 Å². The van der Waals surface area contributed by atoms with Gasteiger partial charge in [-0.2, -0.15) is 0 Å². The molecule has 0 saturated carbocycles. The molecule has 0 heterocycles. The quantitative estimate of drug-likeness (QED) is 0.107. The van der Waals surface area contributed by atoms with E-state index in [0.29, 0.717) is 0 Å². The zero-order chi connectivity index (χ0) is 32.3. The molecule has 1 atom stereocenters. The summed E-state index contributed by atoms with van der Waals surface area (Å²) in [6.07, 6.45) is 30.2. The van der Waals surface area contributed by atoms with Gasteiger partial charge in [0.1, 0.15) is 0 Å². The van der Waals surface area contributed by atoms with Gasteiger partial charge in [0.25, 0.3) is 0 Å². The van der Waals surface area contributed by atoms with Crippen LogP contribution in [0.2, 0.25) is 0 Å². The molecule has 0 radical (unpaired) electrons. The van der Waals surface area contributed by atoms with Crippen molar-refractivity contribution in [1.82, 2.24) is 0 Å². The molecule has 4 aliphatic carbocycles. The van der Waals surface area contributed by atoms with Gasteiger partial charge in [0, 0.05) is 0 Å². The Labute approximate surface area is 279 Å². The zero-order valence-electron chi connectivity index (χ0n) is 27.8. The minimum absolute atomic E-state index is 0.618. The third-order valence-electron chi connectivity index (χ3n) is 9.26. The van der Waals surface area contributed by atoms with Gasteiger partial charge in [-0.05, 0) is 121 Å². The molecule has 232 valence electrons. The van der Waals surface area contributed by atoms with Crippen molar-refractivity contribution in [3.05, 3.63) is 161 Å². The minimum atomic E-state index is -0.618. The number of terminal acetylenes is 1. The van der Waals surface area contributed by atoms with Crippen molar-refractivity contribution in [3.8, 4) is 24.0 Å². The van der Waals surface area contributed by atoms with Crippen LogP contribution in [0.3, 0.4) is 0 Å². The van der Waals surface area contributed by atoms with Gasteiger partial charge in [0.15, 0.2) is 0 Å². The SMILES string of the molecule is C#C.C/C=C1/Cc2cc(P(c3ccccc3)c3ccccc3)c3c(c2C1)Cc1ccccc1-3.C1=CCC2C=C(/C=C\1)CCC2.CC. The summed E-state index contributed by atoms with van der Waals surface area (Å²) in [4.78, 5) is 0. The number of rotatable bonds is 3. The Hall–Kier alpha value is -4.17. The first kappa shape index (κ1) is 33.2. The van der Waals surface area contributed by atoms with Crippen molar-refractivity contribution in [2.75, 3.05) is 0 Å². The minimum Gasteiger partial charge on any atom is -0.124 e. The van der Waals surface area contributed by atoms with Crippen molar-refractivity contribution >= 4 is 23.8 Å². The molecule has 0 nitrogen and oxygen atoms in total. The highest BCUT2D eigenvalue weighted by molar-refractivity contribution is 7.80. The Morgan fingerprint density at radius 3 is 2.11 bits per heavy atom. The summed E-state index contributed by atoms with van der Waals surface area (Å²) in [6, 6.07) is 33.9. The molecule has 0 saturated heterocycles. The van der Waals surface area contributed by atoms with Crippen LogP contribution >= 0.6 is 7.92 Å². The van der Waals surface area contributed by atoms with Crippen LogP contribution in [0.1, 0.15) is 68.7 Å². The van der Waals surface area contributed by atoms with Crippen LogP contribution in [0.15, 0.2) is 139 Å². The molecule has 0 amide bonds. The van der Waals surface area contributed by atoms with E-state index in [9.17, 15) is 0 Å². The van der Waals surface area contributed by atoms with Crippen molar-refractivity contribution in [3.63, 3.8) is 0 Å². The fraction of sp³-hybridized carbons (Fsp3) is 0.244.